The number of nitrogens with one attached hydrogen (secondary N) is 2. The van der Waals surface area contributed by atoms with Crippen molar-refractivity contribution in [2.45, 2.75) is 20.0 Å². The lowest BCUT2D eigenvalue weighted by atomic mass is 10.1. The van der Waals surface area contributed by atoms with Crippen LogP contribution >= 0.6 is 0 Å². The largest absolute Gasteiger partial charge is 0.493 e. The van der Waals surface area contributed by atoms with Gasteiger partial charge in [-0.25, -0.2) is 8.78 Å². The molecule has 1 amide bonds. The number of aromatic nitrogens is 1. The number of carbonyl (C=O) groups excluding carboxylic acids is 1. The molecule has 4 aromatic rings. The molecule has 1 aromatic heterocycles. The fraction of sp³-hybridized carbons (Fsp3) is 0.200. The Morgan fingerprint density at radius 1 is 1.02 bits per heavy atom. The summed E-state index contributed by atoms with van der Waals surface area (Å²) in [4.78, 5) is 21.3. The summed E-state index contributed by atoms with van der Waals surface area (Å²) in [6, 6.07) is 12.9. The molecule has 9 nitrogen and oxygen atoms in total. The molecule has 1 heterocycles. The van der Waals surface area contributed by atoms with E-state index >= 15 is 4.39 Å². The van der Waals surface area contributed by atoms with Crippen molar-refractivity contribution in [1.29, 1.82) is 5.41 Å². The van der Waals surface area contributed by atoms with Crippen molar-refractivity contribution in [2.24, 2.45) is 4.99 Å². The van der Waals surface area contributed by atoms with Crippen molar-refractivity contribution in [1.82, 2.24) is 4.98 Å². The molecule has 212 valence electrons. The van der Waals surface area contributed by atoms with Crippen molar-refractivity contribution in [3.63, 3.8) is 0 Å². The van der Waals surface area contributed by atoms with Gasteiger partial charge in [-0.15, -0.1) is 0 Å². The summed E-state index contributed by atoms with van der Waals surface area (Å²) in [5.41, 5.74) is 1.29. The van der Waals surface area contributed by atoms with Gasteiger partial charge in [0.1, 0.15) is 23.4 Å². The van der Waals surface area contributed by atoms with E-state index in [4.69, 9.17) is 24.4 Å². The zero-order chi connectivity index (χ0) is 29.5. The average Bonchev–Trinajstić information content (AvgIpc) is 2.96. The molecule has 0 bridgehead atoms. The molecule has 2 N–H and O–H groups in total. The number of hydrogen-bond acceptors (Lipinski definition) is 8. The van der Waals surface area contributed by atoms with Gasteiger partial charge in [0.15, 0.2) is 23.1 Å². The monoisotopic (exact) mass is 562 g/mol. The number of fused-ring (bicyclic) bond motifs is 1. The predicted molar refractivity (Wildman–Crippen MR) is 152 cm³/mol. The van der Waals surface area contributed by atoms with Crippen LogP contribution in [-0.4, -0.2) is 49.7 Å². The van der Waals surface area contributed by atoms with Gasteiger partial charge in [0.25, 0.3) is 5.91 Å². The third kappa shape index (κ3) is 6.82. The number of rotatable bonds is 11. The molecule has 0 saturated heterocycles. The lowest BCUT2D eigenvalue weighted by Crippen LogP contribution is -2.35. The van der Waals surface area contributed by atoms with E-state index in [9.17, 15) is 9.18 Å². The Bertz CT molecular complexity index is 1630. The summed E-state index contributed by atoms with van der Waals surface area (Å²) in [5.74, 6) is -0.743. The predicted octanol–water partition coefficient (Wildman–Crippen LogP) is 6.40. The van der Waals surface area contributed by atoms with Gasteiger partial charge in [-0.05, 0) is 61.9 Å². The molecule has 1 unspecified atom stereocenters. The Balaban J connectivity index is 1.49. The minimum atomic E-state index is -1.08. The molecule has 11 heteroatoms. The highest BCUT2D eigenvalue weighted by atomic mass is 19.1. The van der Waals surface area contributed by atoms with E-state index in [2.05, 4.69) is 15.3 Å². The molecule has 0 fully saturated rings. The number of benzene rings is 3. The fourth-order valence-corrected chi connectivity index (χ4v) is 3.94. The number of amides is 1. The zero-order valence-corrected chi connectivity index (χ0v) is 22.8. The van der Waals surface area contributed by atoms with Crippen LogP contribution in [0.15, 0.2) is 65.8 Å². The lowest BCUT2D eigenvalue weighted by molar-refractivity contribution is -0.110. The summed E-state index contributed by atoms with van der Waals surface area (Å²) < 4.78 is 50.4. The van der Waals surface area contributed by atoms with E-state index in [1.807, 2.05) is 0 Å². The molecular weight excluding hydrogens is 534 g/mol. The van der Waals surface area contributed by atoms with Crippen molar-refractivity contribution >= 4 is 40.1 Å². The first-order valence-electron chi connectivity index (χ1n) is 12.5. The summed E-state index contributed by atoms with van der Waals surface area (Å²) >= 11 is 0. The summed E-state index contributed by atoms with van der Waals surface area (Å²) in [6.45, 7) is 3.61. The van der Waals surface area contributed by atoms with Crippen molar-refractivity contribution in [3.05, 3.63) is 78.0 Å². The molecule has 0 saturated carbocycles. The molecule has 0 aliphatic heterocycles. The Hall–Kier alpha value is -4.90. The van der Waals surface area contributed by atoms with Gasteiger partial charge in [0.2, 0.25) is 0 Å². The molecule has 0 aliphatic rings. The second-order valence-electron chi connectivity index (χ2n) is 8.73. The standard InChI is InChI=1S/C30H28F2N4O5/c1-5-40-28(16-35-22-8-6-18(31)12-17(22)2)29(33)30(37)36-19-7-9-25(21(32)13-19)41-24-10-11-34-23-15-27(39-4)26(38-3)14-20(23)24/h6-16,28,33H,5H2,1-4H3,(H,36,37). The van der Waals surface area contributed by atoms with Gasteiger partial charge < -0.3 is 24.3 Å². The number of aliphatic imine (C=N–C) groups is 1. The van der Waals surface area contributed by atoms with Gasteiger partial charge in [-0.2, -0.15) is 0 Å². The normalized spacial score (nSPS) is 11.9. The number of carbonyl (C=O) groups is 1. The number of halogens is 2. The minimum absolute atomic E-state index is 0.0886. The third-order valence-electron chi connectivity index (χ3n) is 6.00. The number of methoxy groups -OCH3 is 2. The second kappa shape index (κ2) is 13.0. The van der Waals surface area contributed by atoms with Gasteiger partial charge in [0, 0.05) is 42.2 Å². The van der Waals surface area contributed by atoms with Gasteiger partial charge in [0.05, 0.1) is 25.4 Å². The number of hydrogen-bond donors (Lipinski definition) is 2. The molecule has 0 aliphatic carbocycles. The van der Waals surface area contributed by atoms with Crippen LogP contribution in [0.1, 0.15) is 12.5 Å². The Labute approximate surface area is 235 Å². The number of nitrogens with zero attached hydrogens (tertiary/aromatic N) is 2. The third-order valence-corrected chi connectivity index (χ3v) is 6.00. The van der Waals surface area contributed by atoms with E-state index in [0.717, 1.165) is 6.07 Å². The maximum absolute atomic E-state index is 15.0. The van der Waals surface area contributed by atoms with E-state index in [1.54, 1.807) is 32.0 Å². The first-order valence-corrected chi connectivity index (χ1v) is 12.5. The van der Waals surface area contributed by atoms with Gasteiger partial charge in [-0.3, -0.25) is 20.2 Å². The smallest absolute Gasteiger partial charge is 0.272 e. The fourth-order valence-electron chi connectivity index (χ4n) is 3.94. The molecule has 3 aromatic carbocycles. The topological polar surface area (TPSA) is 115 Å². The molecule has 1 atom stereocenters. The lowest BCUT2D eigenvalue weighted by Gasteiger charge is -2.15. The van der Waals surface area contributed by atoms with Crippen LogP contribution in [0, 0.1) is 24.0 Å². The summed E-state index contributed by atoms with van der Waals surface area (Å²) in [5, 5.41) is 11.4. The van der Waals surface area contributed by atoms with Gasteiger partial charge in [-0.1, -0.05) is 0 Å². The SMILES string of the molecule is CCOC(C=Nc1ccc(F)cc1C)C(=N)C(=O)Nc1ccc(Oc2ccnc3cc(OC)c(OC)cc23)c(F)c1. The molecule has 4 rings (SSSR count). The van der Waals surface area contributed by atoms with Crippen LogP contribution in [0.4, 0.5) is 20.2 Å². The molecular formula is C30H28F2N4O5. The van der Waals surface area contributed by atoms with E-state index in [-0.39, 0.29) is 18.0 Å². The first-order chi connectivity index (χ1) is 19.7. The Morgan fingerprint density at radius 2 is 1.78 bits per heavy atom. The molecule has 41 heavy (non-hydrogen) atoms. The number of anilines is 1. The van der Waals surface area contributed by atoms with Crippen molar-refractivity contribution in [3.8, 4) is 23.0 Å². The summed E-state index contributed by atoms with van der Waals surface area (Å²) in [7, 11) is 3.02. The average molecular weight is 563 g/mol. The van der Waals surface area contributed by atoms with Crippen molar-refractivity contribution < 1.29 is 32.5 Å². The number of ether oxygens (including phenoxy) is 4. The number of aryl methyl sites for hydroxylation is 1. The first kappa shape index (κ1) is 29.1. The van der Waals surface area contributed by atoms with E-state index in [1.165, 1.54) is 57.0 Å². The maximum Gasteiger partial charge on any atom is 0.272 e. The maximum atomic E-state index is 15.0. The van der Waals surface area contributed by atoms with Crippen molar-refractivity contribution in [2.75, 3.05) is 26.1 Å². The molecule has 0 spiro atoms. The minimum Gasteiger partial charge on any atom is -0.493 e. The van der Waals surface area contributed by atoms with Gasteiger partial charge >= 0.3 is 0 Å². The molecule has 0 radical (unpaired) electrons. The van der Waals surface area contributed by atoms with Crippen LogP contribution in [-0.2, 0) is 9.53 Å². The van der Waals surface area contributed by atoms with E-state index < -0.39 is 29.4 Å². The van der Waals surface area contributed by atoms with Crippen LogP contribution in [0.5, 0.6) is 23.0 Å². The quantitative estimate of drug-likeness (QED) is 0.205. The highest BCUT2D eigenvalue weighted by molar-refractivity contribution is 6.45. The Kier molecular flexibility index (Phi) is 9.20. The van der Waals surface area contributed by atoms with E-state index in [0.29, 0.717) is 39.4 Å². The highest BCUT2D eigenvalue weighted by Gasteiger charge is 2.21. The second-order valence-corrected chi connectivity index (χ2v) is 8.73. The van der Waals surface area contributed by atoms with Crippen LogP contribution in [0.25, 0.3) is 10.9 Å². The van der Waals surface area contributed by atoms with Crippen LogP contribution in [0.3, 0.4) is 0 Å². The zero-order valence-electron chi connectivity index (χ0n) is 22.8. The summed E-state index contributed by atoms with van der Waals surface area (Å²) in [6.07, 6.45) is 1.75. The Morgan fingerprint density at radius 3 is 2.46 bits per heavy atom. The highest BCUT2D eigenvalue weighted by Crippen LogP contribution is 2.37. The van der Waals surface area contributed by atoms with Crippen LogP contribution < -0.4 is 19.5 Å². The number of pyridine rings is 1. The van der Waals surface area contributed by atoms with Crippen LogP contribution in [0.2, 0.25) is 0 Å².